The first kappa shape index (κ1) is 10.7. The summed E-state index contributed by atoms with van der Waals surface area (Å²) < 4.78 is 6.04. The Morgan fingerprint density at radius 1 is 1.60 bits per heavy atom. The van der Waals surface area contributed by atoms with Gasteiger partial charge in [-0.15, -0.1) is 0 Å². The van der Waals surface area contributed by atoms with E-state index in [1.807, 2.05) is 6.92 Å². The van der Waals surface area contributed by atoms with Gasteiger partial charge in [-0.3, -0.25) is 9.69 Å². The molecule has 15 heavy (non-hydrogen) atoms. The average molecular weight is 273 g/mol. The zero-order valence-electron chi connectivity index (χ0n) is 8.50. The smallest absolute Gasteiger partial charge is 0.233 e. The number of carbonyl (C=O) groups excluding carboxylic acids is 1. The van der Waals surface area contributed by atoms with Crippen molar-refractivity contribution >= 4 is 27.7 Å². The van der Waals surface area contributed by atoms with Crippen LogP contribution in [0, 0.1) is 5.92 Å². The molecule has 1 aliphatic rings. The van der Waals surface area contributed by atoms with Crippen molar-refractivity contribution in [1.29, 1.82) is 0 Å². The highest BCUT2D eigenvalue weighted by Gasteiger charge is 2.26. The number of nitrogens with zero attached hydrogens (tertiary/aromatic N) is 1. The SMILES string of the molecule is CC1CNCCN(c2ccc(Br)o2)C1=O. The number of amides is 1. The van der Waals surface area contributed by atoms with Gasteiger partial charge in [-0.25, -0.2) is 0 Å². The summed E-state index contributed by atoms with van der Waals surface area (Å²) in [5.74, 6) is 0.723. The van der Waals surface area contributed by atoms with Gasteiger partial charge in [-0.2, -0.15) is 0 Å². The lowest BCUT2D eigenvalue weighted by atomic mass is 10.1. The quantitative estimate of drug-likeness (QED) is 0.845. The summed E-state index contributed by atoms with van der Waals surface area (Å²) in [5.41, 5.74) is 0. The molecule has 2 heterocycles. The molecule has 1 saturated heterocycles. The molecule has 1 fully saturated rings. The number of carbonyl (C=O) groups is 1. The molecule has 2 rings (SSSR count). The van der Waals surface area contributed by atoms with Crippen LogP contribution in [0.4, 0.5) is 5.88 Å². The van der Waals surface area contributed by atoms with E-state index in [4.69, 9.17) is 4.42 Å². The van der Waals surface area contributed by atoms with Crippen molar-refractivity contribution in [3.05, 3.63) is 16.8 Å². The molecule has 0 bridgehead atoms. The Hall–Kier alpha value is -0.810. The fourth-order valence-corrected chi connectivity index (χ4v) is 1.94. The third-order valence-electron chi connectivity index (χ3n) is 2.48. The molecular weight excluding hydrogens is 260 g/mol. The summed E-state index contributed by atoms with van der Waals surface area (Å²) in [4.78, 5) is 13.7. The minimum absolute atomic E-state index is 0.00336. The van der Waals surface area contributed by atoms with Gasteiger partial charge in [0, 0.05) is 31.6 Å². The van der Waals surface area contributed by atoms with Gasteiger partial charge in [0.1, 0.15) is 0 Å². The first-order valence-electron chi connectivity index (χ1n) is 4.96. The van der Waals surface area contributed by atoms with E-state index in [1.54, 1.807) is 17.0 Å². The van der Waals surface area contributed by atoms with Crippen LogP contribution >= 0.6 is 15.9 Å². The second-order valence-corrected chi connectivity index (χ2v) is 4.45. The van der Waals surface area contributed by atoms with Crippen molar-refractivity contribution in [2.24, 2.45) is 5.92 Å². The van der Waals surface area contributed by atoms with Crippen LogP contribution in [0.1, 0.15) is 6.92 Å². The Morgan fingerprint density at radius 2 is 2.40 bits per heavy atom. The molecule has 1 atom stereocenters. The van der Waals surface area contributed by atoms with Gasteiger partial charge in [0.2, 0.25) is 11.8 Å². The number of anilines is 1. The minimum Gasteiger partial charge on any atom is -0.433 e. The number of rotatable bonds is 1. The highest BCUT2D eigenvalue weighted by atomic mass is 79.9. The second kappa shape index (κ2) is 4.37. The minimum atomic E-state index is -0.00336. The maximum absolute atomic E-state index is 12.0. The van der Waals surface area contributed by atoms with Gasteiger partial charge < -0.3 is 9.73 Å². The lowest BCUT2D eigenvalue weighted by Gasteiger charge is -2.19. The standard InChI is InChI=1S/C10H13BrN2O2/c1-7-6-12-4-5-13(10(7)14)9-3-2-8(11)15-9/h2-3,7,12H,4-6H2,1H3. The van der Waals surface area contributed by atoms with Gasteiger partial charge in [0.05, 0.1) is 0 Å². The molecule has 1 aliphatic heterocycles. The number of hydrogen-bond acceptors (Lipinski definition) is 3. The van der Waals surface area contributed by atoms with E-state index < -0.39 is 0 Å². The Bertz CT molecular complexity index is 364. The molecule has 5 heteroatoms. The highest BCUT2D eigenvalue weighted by Crippen LogP contribution is 2.24. The molecule has 1 N–H and O–H groups in total. The molecular formula is C10H13BrN2O2. The van der Waals surface area contributed by atoms with Gasteiger partial charge in [0.25, 0.3) is 0 Å². The van der Waals surface area contributed by atoms with Gasteiger partial charge in [-0.05, 0) is 22.0 Å². The van der Waals surface area contributed by atoms with Crippen LogP contribution in [0.5, 0.6) is 0 Å². The normalized spacial score (nSPS) is 22.9. The Balaban J connectivity index is 2.22. The summed E-state index contributed by atoms with van der Waals surface area (Å²) in [7, 11) is 0. The van der Waals surface area contributed by atoms with E-state index in [2.05, 4.69) is 21.2 Å². The van der Waals surface area contributed by atoms with Crippen molar-refractivity contribution in [3.8, 4) is 0 Å². The highest BCUT2D eigenvalue weighted by molar-refractivity contribution is 9.10. The number of halogens is 1. The van der Waals surface area contributed by atoms with Crippen LogP contribution in [0.3, 0.4) is 0 Å². The van der Waals surface area contributed by atoms with Crippen LogP contribution in [0.2, 0.25) is 0 Å². The summed E-state index contributed by atoms with van der Waals surface area (Å²) in [6, 6.07) is 3.60. The Morgan fingerprint density at radius 3 is 3.07 bits per heavy atom. The number of hydrogen-bond donors (Lipinski definition) is 1. The van der Waals surface area contributed by atoms with Gasteiger partial charge in [0.15, 0.2) is 4.67 Å². The van der Waals surface area contributed by atoms with Gasteiger partial charge in [-0.1, -0.05) is 6.92 Å². The molecule has 82 valence electrons. The van der Waals surface area contributed by atoms with E-state index in [0.29, 0.717) is 17.1 Å². The lowest BCUT2D eigenvalue weighted by Crippen LogP contribution is -2.35. The van der Waals surface area contributed by atoms with Crippen molar-refractivity contribution in [2.75, 3.05) is 24.5 Å². The largest absolute Gasteiger partial charge is 0.433 e. The fraction of sp³-hybridized carbons (Fsp3) is 0.500. The monoisotopic (exact) mass is 272 g/mol. The van der Waals surface area contributed by atoms with Crippen molar-refractivity contribution in [1.82, 2.24) is 5.32 Å². The lowest BCUT2D eigenvalue weighted by molar-refractivity contribution is -0.121. The molecule has 0 aliphatic carbocycles. The zero-order valence-corrected chi connectivity index (χ0v) is 10.1. The first-order chi connectivity index (χ1) is 7.18. The third kappa shape index (κ3) is 2.23. The second-order valence-electron chi connectivity index (χ2n) is 3.67. The van der Waals surface area contributed by atoms with Crippen molar-refractivity contribution in [2.45, 2.75) is 6.92 Å². The zero-order chi connectivity index (χ0) is 10.8. The molecule has 0 saturated carbocycles. The van der Waals surface area contributed by atoms with Crippen LogP contribution in [0.25, 0.3) is 0 Å². The molecule has 1 aromatic rings. The molecule has 4 nitrogen and oxygen atoms in total. The summed E-state index contributed by atoms with van der Waals surface area (Å²) in [6.07, 6.45) is 0. The Kier molecular flexibility index (Phi) is 3.11. The summed E-state index contributed by atoms with van der Waals surface area (Å²) >= 11 is 3.23. The van der Waals surface area contributed by atoms with Crippen molar-refractivity contribution < 1.29 is 9.21 Å². The summed E-state index contributed by atoms with van der Waals surface area (Å²) in [6.45, 7) is 4.11. The molecule has 0 radical (unpaired) electrons. The van der Waals surface area contributed by atoms with Gasteiger partial charge >= 0.3 is 0 Å². The van der Waals surface area contributed by atoms with Crippen LogP contribution in [-0.4, -0.2) is 25.5 Å². The van der Waals surface area contributed by atoms with E-state index in [1.165, 1.54) is 0 Å². The topological polar surface area (TPSA) is 45.5 Å². The molecule has 0 aromatic carbocycles. The molecule has 1 amide bonds. The van der Waals surface area contributed by atoms with E-state index in [9.17, 15) is 4.79 Å². The van der Waals surface area contributed by atoms with E-state index >= 15 is 0 Å². The van der Waals surface area contributed by atoms with E-state index in [0.717, 1.165) is 13.1 Å². The van der Waals surface area contributed by atoms with Crippen LogP contribution in [0.15, 0.2) is 21.2 Å². The summed E-state index contributed by atoms with van der Waals surface area (Å²) in [5, 5.41) is 3.22. The Labute approximate surface area is 96.7 Å². The van der Waals surface area contributed by atoms with Crippen LogP contribution in [-0.2, 0) is 4.79 Å². The predicted molar refractivity (Wildman–Crippen MR) is 60.8 cm³/mol. The van der Waals surface area contributed by atoms with Crippen molar-refractivity contribution in [3.63, 3.8) is 0 Å². The first-order valence-corrected chi connectivity index (χ1v) is 5.75. The maximum Gasteiger partial charge on any atom is 0.233 e. The number of nitrogens with one attached hydrogen (secondary N) is 1. The average Bonchev–Trinajstić information content (AvgIpc) is 2.56. The fourth-order valence-electron chi connectivity index (χ4n) is 1.64. The number of furan rings is 1. The third-order valence-corrected chi connectivity index (χ3v) is 2.90. The molecule has 1 unspecified atom stereocenters. The van der Waals surface area contributed by atoms with Crippen LogP contribution < -0.4 is 10.2 Å². The maximum atomic E-state index is 12.0. The van der Waals surface area contributed by atoms with E-state index in [-0.39, 0.29) is 11.8 Å². The molecule has 0 spiro atoms. The molecule has 1 aromatic heterocycles. The predicted octanol–water partition coefficient (Wildman–Crippen LogP) is 1.61.